The van der Waals surface area contributed by atoms with Gasteiger partial charge in [-0.05, 0) is 30.2 Å². The van der Waals surface area contributed by atoms with Crippen LogP contribution in [0.5, 0.6) is 0 Å². The molecule has 2 aromatic rings. The van der Waals surface area contributed by atoms with Crippen molar-refractivity contribution in [3.8, 4) is 0 Å². The molecule has 21 heavy (non-hydrogen) atoms. The number of benzene rings is 1. The molecule has 1 amide bonds. The molecule has 0 saturated carbocycles. The third-order valence-electron chi connectivity index (χ3n) is 2.86. The minimum absolute atomic E-state index is 0.127. The molecule has 0 aliphatic heterocycles. The van der Waals surface area contributed by atoms with Crippen LogP contribution in [0.2, 0.25) is 0 Å². The number of hydrogen-bond donors (Lipinski definition) is 2. The third-order valence-corrected chi connectivity index (χ3v) is 3.79. The van der Waals surface area contributed by atoms with Gasteiger partial charge in [-0.2, -0.15) is 0 Å². The number of nitro groups is 1. The molecule has 0 atom stereocenters. The van der Waals surface area contributed by atoms with Crippen molar-refractivity contribution in [3.05, 3.63) is 50.9 Å². The lowest BCUT2D eigenvalue weighted by Gasteiger charge is -2.11. The number of amides is 1. The molecule has 0 saturated heterocycles. The molecular formula is C14H15N3O3S. The number of aryl methyl sites for hydroxylation is 1. The van der Waals surface area contributed by atoms with E-state index < -0.39 is 4.92 Å². The number of thiophene rings is 1. The largest absolute Gasteiger partial charge is 0.381 e. The summed E-state index contributed by atoms with van der Waals surface area (Å²) in [7, 11) is 0. The van der Waals surface area contributed by atoms with Gasteiger partial charge in [0.25, 0.3) is 0 Å². The molecule has 110 valence electrons. The second-order valence-electron chi connectivity index (χ2n) is 4.61. The van der Waals surface area contributed by atoms with Crippen molar-refractivity contribution in [3.63, 3.8) is 0 Å². The SMILES string of the molecule is CC(=O)Nc1ccc(C)c(NCc2csc([N+](=O)[O-])c2)c1. The number of nitrogens with zero attached hydrogens (tertiary/aromatic N) is 1. The number of carbonyl (C=O) groups is 1. The Kier molecular flexibility index (Phi) is 4.54. The molecule has 0 bridgehead atoms. The highest BCUT2D eigenvalue weighted by Crippen LogP contribution is 2.25. The highest BCUT2D eigenvalue weighted by atomic mass is 32.1. The van der Waals surface area contributed by atoms with E-state index in [1.165, 1.54) is 6.92 Å². The number of nitrogens with one attached hydrogen (secondary N) is 2. The van der Waals surface area contributed by atoms with Crippen molar-refractivity contribution in [2.75, 3.05) is 10.6 Å². The van der Waals surface area contributed by atoms with Crippen molar-refractivity contribution in [2.45, 2.75) is 20.4 Å². The van der Waals surface area contributed by atoms with Gasteiger partial charge in [0.2, 0.25) is 5.91 Å². The van der Waals surface area contributed by atoms with E-state index >= 15 is 0 Å². The molecule has 0 unspecified atom stereocenters. The van der Waals surface area contributed by atoms with Crippen LogP contribution in [0.15, 0.2) is 29.6 Å². The molecule has 7 heteroatoms. The molecular weight excluding hydrogens is 290 g/mol. The fourth-order valence-electron chi connectivity index (χ4n) is 1.84. The lowest BCUT2D eigenvalue weighted by molar-refractivity contribution is -0.380. The lowest BCUT2D eigenvalue weighted by atomic mass is 10.1. The van der Waals surface area contributed by atoms with Gasteiger partial charge in [-0.3, -0.25) is 14.9 Å². The van der Waals surface area contributed by atoms with Gasteiger partial charge in [0.05, 0.1) is 4.92 Å². The predicted octanol–water partition coefficient (Wildman–Crippen LogP) is 3.54. The van der Waals surface area contributed by atoms with E-state index in [0.717, 1.165) is 28.2 Å². The van der Waals surface area contributed by atoms with Crippen LogP contribution in [0.25, 0.3) is 0 Å². The van der Waals surface area contributed by atoms with Crippen LogP contribution in [-0.4, -0.2) is 10.8 Å². The molecule has 2 rings (SSSR count). The average Bonchev–Trinajstić information content (AvgIpc) is 2.88. The van der Waals surface area contributed by atoms with Gasteiger partial charge in [-0.15, -0.1) is 0 Å². The number of anilines is 2. The van der Waals surface area contributed by atoms with Crippen LogP contribution in [0.1, 0.15) is 18.1 Å². The molecule has 1 aromatic carbocycles. The third kappa shape index (κ3) is 4.03. The van der Waals surface area contributed by atoms with Gasteiger partial charge in [0, 0.05) is 36.3 Å². The maximum absolute atomic E-state index is 11.1. The highest BCUT2D eigenvalue weighted by molar-refractivity contribution is 7.13. The Morgan fingerprint density at radius 3 is 2.76 bits per heavy atom. The molecule has 0 aliphatic carbocycles. The summed E-state index contributed by atoms with van der Waals surface area (Å²) in [6, 6.07) is 7.14. The summed E-state index contributed by atoms with van der Waals surface area (Å²) in [5, 5.41) is 18.5. The first-order chi connectivity index (χ1) is 9.95. The van der Waals surface area contributed by atoms with Crippen LogP contribution in [0.4, 0.5) is 16.4 Å². The summed E-state index contributed by atoms with van der Waals surface area (Å²) in [4.78, 5) is 21.3. The average molecular weight is 305 g/mol. The summed E-state index contributed by atoms with van der Waals surface area (Å²) in [5.41, 5.74) is 3.49. The zero-order chi connectivity index (χ0) is 15.4. The first-order valence-electron chi connectivity index (χ1n) is 6.29. The predicted molar refractivity (Wildman–Crippen MR) is 83.8 cm³/mol. The summed E-state index contributed by atoms with van der Waals surface area (Å²) >= 11 is 1.11. The fraction of sp³-hybridized carbons (Fsp3) is 0.214. The second kappa shape index (κ2) is 6.36. The minimum atomic E-state index is -0.392. The van der Waals surface area contributed by atoms with Crippen molar-refractivity contribution in [1.29, 1.82) is 0 Å². The van der Waals surface area contributed by atoms with E-state index in [1.54, 1.807) is 11.4 Å². The topological polar surface area (TPSA) is 84.3 Å². The first-order valence-corrected chi connectivity index (χ1v) is 7.17. The van der Waals surface area contributed by atoms with Gasteiger partial charge in [0.15, 0.2) is 0 Å². The minimum Gasteiger partial charge on any atom is -0.381 e. The maximum Gasteiger partial charge on any atom is 0.324 e. The van der Waals surface area contributed by atoms with Crippen LogP contribution < -0.4 is 10.6 Å². The van der Waals surface area contributed by atoms with Crippen molar-refractivity contribution in [2.24, 2.45) is 0 Å². The van der Waals surface area contributed by atoms with Crippen LogP contribution in [0, 0.1) is 17.0 Å². The van der Waals surface area contributed by atoms with Gasteiger partial charge in [0.1, 0.15) is 0 Å². The molecule has 2 N–H and O–H groups in total. The molecule has 6 nitrogen and oxygen atoms in total. The zero-order valence-electron chi connectivity index (χ0n) is 11.7. The maximum atomic E-state index is 11.1. The van der Waals surface area contributed by atoms with Gasteiger partial charge >= 0.3 is 5.00 Å². The Bertz CT molecular complexity index is 682. The van der Waals surface area contributed by atoms with Gasteiger partial charge in [-0.25, -0.2) is 0 Å². The van der Waals surface area contributed by atoms with Gasteiger partial charge in [-0.1, -0.05) is 17.4 Å². The van der Waals surface area contributed by atoms with E-state index in [9.17, 15) is 14.9 Å². The number of carbonyl (C=O) groups excluding carboxylic acids is 1. The lowest BCUT2D eigenvalue weighted by Crippen LogP contribution is -2.07. The van der Waals surface area contributed by atoms with E-state index in [0.29, 0.717) is 12.2 Å². The normalized spacial score (nSPS) is 10.2. The van der Waals surface area contributed by atoms with Crippen LogP contribution >= 0.6 is 11.3 Å². The number of rotatable bonds is 5. The Hall–Kier alpha value is -2.41. The quantitative estimate of drug-likeness (QED) is 0.653. The Balaban J connectivity index is 2.07. The highest BCUT2D eigenvalue weighted by Gasteiger charge is 2.09. The standard InChI is InChI=1S/C14H15N3O3S/c1-9-3-4-12(16-10(2)18)6-13(9)15-7-11-5-14(17(19)20)21-8-11/h3-6,8,15H,7H2,1-2H3,(H,16,18). The monoisotopic (exact) mass is 305 g/mol. The Morgan fingerprint density at radius 1 is 1.38 bits per heavy atom. The van der Waals surface area contributed by atoms with Crippen molar-refractivity contribution < 1.29 is 9.72 Å². The summed E-state index contributed by atoms with van der Waals surface area (Å²) in [5.74, 6) is -0.127. The van der Waals surface area contributed by atoms with Crippen LogP contribution in [0.3, 0.4) is 0 Å². The Morgan fingerprint density at radius 2 is 2.14 bits per heavy atom. The van der Waals surface area contributed by atoms with Gasteiger partial charge < -0.3 is 10.6 Å². The van der Waals surface area contributed by atoms with E-state index in [2.05, 4.69) is 10.6 Å². The number of hydrogen-bond acceptors (Lipinski definition) is 5. The summed E-state index contributed by atoms with van der Waals surface area (Å²) in [6.07, 6.45) is 0. The fourth-order valence-corrected chi connectivity index (χ4v) is 2.57. The summed E-state index contributed by atoms with van der Waals surface area (Å²) < 4.78 is 0. The van der Waals surface area contributed by atoms with Crippen molar-refractivity contribution in [1.82, 2.24) is 0 Å². The molecule has 1 heterocycles. The molecule has 1 aromatic heterocycles. The van der Waals surface area contributed by atoms with Crippen LogP contribution in [-0.2, 0) is 11.3 Å². The van der Waals surface area contributed by atoms with Crippen molar-refractivity contribution >= 4 is 33.6 Å². The van der Waals surface area contributed by atoms with E-state index in [-0.39, 0.29) is 10.9 Å². The van der Waals surface area contributed by atoms with E-state index in [4.69, 9.17) is 0 Å². The molecule has 0 aliphatic rings. The molecule has 0 radical (unpaired) electrons. The molecule has 0 fully saturated rings. The van der Waals surface area contributed by atoms with E-state index in [1.807, 2.05) is 25.1 Å². The zero-order valence-corrected chi connectivity index (χ0v) is 12.5. The first kappa shape index (κ1) is 15.0. The Labute approximate surface area is 126 Å². The summed E-state index contributed by atoms with van der Waals surface area (Å²) in [6.45, 7) is 3.90. The smallest absolute Gasteiger partial charge is 0.324 e. The molecule has 0 spiro atoms. The second-order valence-corrected chi connectivity index (χ2v) is 5.50.